The lowest BCUT2D eigenvalue weighted by Crippen LogP contribution is -2.46. The van der Waals surface area contributed by atoms with Crippen LogP contribution in [0.25, 0.3) is 0 Å². The SMILES string of the molecule is COc1cc(N(C2CC2)C2CCN(c3cc4c(nn3)CCS(=O)(=O)C4)CC2)ncn1. The number of methoxy groups -OCH3 is 1. The molecule has 0 aromatic carbocycles. The first kappa shape index (κ1) is 19.5. The Morgan fingerprint density at radius 1 is 1.07 bits per heavy atom. The molecule has 2 aliphatic heterocycles. The number of aryl methyl sites for hydroxylation is 1. The first-order valence-corrected chi connectivity index (χ1v) is 12.3. The van der Waals surface area contributed by atoms with Crippen LogP contribution in [0, 0.1) is 0 Å². The summed E-state index contributed by atoms with van der Waals surface area (Å²) in [5.41, 5.74) is 1.63. The Labute approximate surface area is 176 Å². The maximum Gasteiger partial charge on any atom is 0.218 e. The maximum absolute atomic E-state index is 12.0. The highest BCUT2D eigenvalue weighted by Crippen LogP contribution is 2.36. The van der Waals surface area contributed by atoms with Crippen LogP contribution in [-0.4, -0.2) is 66.6 Å². The van der Waals surface area contributed by atoms with Gasteiger partial charge in [0.2, 0.25) is 5.88 Å². The van der Waals surface area contributed by atoms with Gasteiger partial charge in [-0.1, -0.05) is 0 Å². The van der Waals surface area contributed by atoms with Gasteiger partial charge in [-0.15, -0.1) is 5.10 Å². The number of fused-ring (bicyclic) bond motifs is 1. The second kappa shape index (κ2) is 7.64. The molecule has 4 heterocycles. The summed E-state index contributed by atoms with van der Waals surface area (Å²) in [4.78, 5) is 13.3. The molecule has 5 rings (SSSR count). The van der Waals surface area contributed by atoms with Crippen LogP contribution in [0.5, 0.6) is 5.88 Å². The number of nitrogens with zero attached hydrogens (tertiary/aromatic N) is 6. The average molecular weight is 431 g/mol. The van der Waals surface area contributed by atoms with Gasteiger partial charge in [-0.3, -0.25) is 0 Å². The Bertz CT molecular complexity index is 1030. The zero-order valence-electron chi connectivity index (χ0n) is 17.1. The van der Waals surface area contributed by atoms with Crippen molar-refractivity contribution in [3.63, 3.8) is 0 Å². The molecule has 1 saturated heterocycles. The molecular formula is C20H26N6O3S. The highest BCUT2D eigenvalue weighted by Gasteiger charge is 2.37. The largest absolute Gasteiger partial charge is 0.481 e. The fourth-order valence-electron chi connectivity index (χ4n) is 4.48. The summed E-state index contributed by atoms with van der Waals surface area (Å²) in [6.07, 6.45) is 6.38. The second-order valence-corrected chi connectivity index (χ2v) is 10.5. The smallest absolute Gasteiger partial charge is 0.218 e. The van der Waals surface area contributed by atoms with Crippen molar-refractivity contribution in [3.05, 3.63) is 29.7 Å². The van der Waals surface area contributed by atoms with E-state index >= 15 is 0 Å². The predicted octanol–water partition coefficient (Wildman–Crippen LogP) is 1.38. The predicted molar refractivity (Wildman–Crippen MR) is 113 cm³/mol. The Balaban J connectivity index is 1.30. The summed E-state index contributed by atoms with van der Waals surface area (Å²) in [6.45, 7) is 1.71. The molecule has 3 aliphatic rings. The van der Waals surface area contributed by atoms with Crippen LogP contribution in [0.15, 0.2) is 18.5 Å². The standard InChI is InChI=1S/C20H26N6O3S/c1-29-20-11-18(21-13-22-20)26(15-2-3-15)16-4-7-25(8-5-16)19-10-14-12-30(27,28)9-6-17(14)23-24-19/h10-11,13,15-16H,2-9,12H2,1H3. The van der Waals surface area contributed by atoms with Gasteiger partial charge in [0.05, 0.1) is 24.3 Å². The fraction of sp³-hybridized carbons (Fsp3) is 0.600. The molecule has 9 nitrogen and oxygen atoms in total. The molecule has 30 heavy (non-hydrogen) atoms. The Morgan fingerprint density at radius 3 is 2.57 bits per heavy atom. The van der Waals surface area contributed by atoms with E-state index in [9.17, 15) is 8.42 Å². The summed E-state index contributed by atoms with van der Waals surface area (Å²) in [5.74, 6) is 2.55. The molecule has 0 spiro atoms. The molecule has 0 bridgehead atoms. The second-order valence-electron chi connectivity index (χ2n) is 8.29. The summed E-state index contributed by atoms with van der Waals surface area (Å²) in [5, 5.41) is 8.71. The Hall–Kier alpha value is -2.49. The third kappa shape index (κ3) is 3.92. The van der Waals surface area contributed by atoms with Crippen molar-refractivity contribution in [3.8, 4) is 5.88 Å². The fourth-order valence-corrected chi connectivity index (χ4v) is 5.85. The normalized spacial score (nSPS) is 21.2. The zero-order chi connectivity index (χ0) is 20.7. The van der Waals surface area contributed by atoms with E-state index in [4.69, 9.17) is 4.74 Å². The van der Waals surface area contributed by atoms with E-state index in [1.54, 1.807) is 13.4 Å². The average Bonchev–Trinajstić information content (AvgIpc) is 3.58. The molecule has 160 valence electrons. The van der Waals surface area contributed by atoms with Crippen LogP contribution < -0.4 is 14.5 Å². The van der Waals surface area contributed by atoms with Crippen molar-refractivity contribution in [1.82, 2.24) is 20.2 Å². The highest BCUT2D eigenvalue weighted by atomic mass is 32.2. The van der Waals surface area contributed by atoms with Crippen LogP contribution in [-0.2, 0) is 22.0 Å². The number of hydrogen-bond donors (Lipinski definition) is 0. The molecule has 1 aliphatic carbocycles. The van der Waals surface area contributed by atoms with Gasteiger partial charge in [0.15, 0.2) is 15.7 Å². The summed E-state index contributed by atoms with van der Waals surface area (Å²) < 4.78 is 29.2. The molecule has 10 heteroatoms. The lowest BCUT2D eigenvalue weighted by molar-refractivity contribution is 0.395. The highest BCUT2D eigenvalue weighted by molar-refractivity contribution is 7.90. The van der Waals surface area contributed by atoms with E-state index in [1.807, 2.05) is 12.1 Å². The van der Waals surface area contributed by atoms with Crippen LogP contribution in [0.1, 0.15) is 36.9 Å². The molecule has 0 amide bonds. The number of ether oxygens (including phenoxy) is 1. The van der Waals surface area contributed by atoms with Gasteiger partial charge in [-0.05, 0) is 37.3 Å². The van der Waals surface area contributed by atoms with Crippen molar-refractivity contribution in [2.75, 3.05) is 35.8 Å². The van der Waals surface area contributed by atoms with E-state index in [1.165, 1.54) is 12.8 Å². The summed E-state index contributed by atoms with van der Waals surface area (Å²) in [7, 11) is -1.40. The molecule has 0 unspecified atom stereocenters. The molecule has 1 saturated carbocycles. The number of anilines is 2. The number of piperidine rings is 1. The zero-order valence-corrected chi connectivity index (χ0v) is 17.9. The third-order valence-corrected chi connectivity index (χ3v) is 7.77. The van der Waals surface area contributed by atoms with Crippen LogP contribution in [0.4, 0.5) is 11.6 Å². The minimum Gasteiger partial charge on any atom is -0.481 e. The summed E-state index contributed by atoms with van der Waals surface area (Å²) >= 11 is 0. The Morgan fingerprint density at radius 2 is 1.83 bits per heavy atom. The van der Waals surface area contributed by atoms with Gasteiger partial charge in [-0.2, -0.15) is 5.10 Å². The Kier molecular flexibility index (Phi) is 4.96. The minimum atomic E-state index is -3.02. The van der Waals surface area contributed by atoms with Gasteiger partial charge in [0.1, 0.15) is 12.1 Å². The number of rotatable bonds is 5. The van der Waals surface area contributed by atoms with E-state index in [0.29, 0.717) is 24.4 Å². The topological polar surface area (TPSA) is 101 Å². The van der Waals surface area contributed by atoms with Gasteiger partial charge in [0, 0.05) is 37.7 Å². The van der Waals surface area contributed by atoms with Crippen molar-refractivity contribution in [1.29, 1.82) is 0 Å². The molecule has 0 radical (unpaired) electrons. The monoisotopic (exact) mass is 430 g/mol. The number of aromatic nitrogens is 4. The first-order valence-electron chi connectivity index (χ1n) is 10.5. The van der Waals surface area contributed by atoms with Crippen LogP contribution in [0.2, 0.25) is 0 Å². The van der Waals surface area contributed by atoms with Gasteiger partial charge >= 0.3 is 0 Å². The molecule has 2 aromatic rings. The quantitative estimate of drug-likeness (QED) is 0.696. The van der Waals surface area contributed by atoms with E-state index in [2.05, 4.69) is 30.0 Å². The van der Waals surface area contributed by atoms with Crippen LogP contribution >= 0.6 is 0 Å². The maximum atomic E-state index is 12.0. The van der Waals surface area contributed by atoms with Crippen molar-refractivity contribution in [2.24, 2.45) is 0 Å². The lowest BCUT2D eigenvalue weighted by Gasteiger charge is -2.39. The van der Waals surface area contributed by atoms with Crippen molar-refractivity contribution in [2.45, 2.75) is 49.9 Å². The van der Waals surface area contributed by atoms with E-state index < -0.39 is 9.84 Å². The van der Waals surface area contributed by atoms with Crippen LogP contribution in [0.3, 0.4) is 0 Å². The molecule has 0 atom stereocenters. The number of hydrogen-bond acceptors (Lipinski definition) is 9. The molecule has 0 N–H and O–H groups in total. The van der Waals surface area contributed by atoms with Crippen molar-refractivity contribution >= 4 is 21.5 Å². The van der Waals surface area contributed by atoms with E-state index in [0.717, 1.165) is 48.8 Å². The first-order chi connectivity index (χ1) is 14.5. The molecule has 2 aromatic heterocycles. The third-order valence-electron chi connectivity index (χ3n) is 6.20. The lowest BCUT2D eigenvalue weighted by atomic mass is 10.0. The van der Waals surface area contributed by atoms with E-state index in [-0.39, 0.29) is 11.5 Å². The van der Waals surface area contributed by atoms with Gasteiger partial charge in [0.25, 0.3) is 0 Å². The van der Waals surface area contributed by atoms with Crippen molar-refractivity contribution < 1.29 is 13.2 Å². The summed E-state index contributed by atoms with van der Waals surface area (Å²) in [6, 6.07) is 4.78. The molecular weight excluding hydrogens is 404 g/mol. The number of sulfone groups is 1. The van der Waals surface area contributed by atoms with Gasteiger partial charge in [-0.25, -0.2) is 18.4 Å². The van der Waals surface area contributed by atoms with Gasteiger partial charge < -0.3 is 14.5 Å². The molecule has 2 fully saturated rings. The minimum absolute atomic E-state index is 0.0757.